The number of carbonyl (C=O) groups excluding carboxylic acids is 2. The van der Waals surface area contributed by atoms with Gasteiger partial charge in [0.2, 0.25) is 0 Å². The molecule has 1 aromatic heterocycles. The van der Waals surface area contributed by atoms with Gasteiger partial charge in [-0.2, -0.15) is 0 Å². The largest absolute Gasteiger partial charge is 0.466 e. The first-order valence-corrected chi connectivity index (χ1v) is 18.0. The lowest BCUT2D eigenvalue weighted by Gasteiger charge is -2.13. The molecule has 0 aliphatic carbocycles. The number of carbonyl (C=O) groups is 2. The van der Waals surface area contributed by atoms with Crippen molar-refractivity contribution < 1.29 is 14.3 Å². The van der Waals surface area contributed by atoms with Crippen molar-refractivity contribution in [3.63, 3.8) is 0 Å². The van der Waals surface area contributed by atoms with Gasteiger partial charge in [-0.05, 0) is 43.4 Å². The maximum absolute atomic E-state index is 13.9. The first-order valence-electron chi connectivity index (χ1n) is 18.0. The summed E-state index contributed by atoms with van der Waals surface area (Å²) in [7, 11) is 0. The van der Waals surface area contributed by atoms with Gasteiger partial charge in [-0.15, -0.1) is 0 Å². The molecule has 0 aliphatic rings. The molecule has 0 radical (unpaired) electrons. The number of hydrogen-bond donors (Lipinski definition) is 0. The van der Waals surface area contributed by atoms with E-state index in [1.54, 1.807) is 0 Å². The number of hydrogen-bond acceptors (Lipinski definition) is 3. The first kappa shape index (κ1) is 36.3. The normalized spacial score (nSPS) is 11.2. The van der Waals surface area contributed by atoms with Crippen LogP contribution in [0.3, 0.4) is 0 Å². The second-order valence-corrected chi connectivity index (χ2v) is 12.7. The minimum Gasteiger partial charge on any atom is -0.466 e. The van der Waals surface area contributed by atoms with Crippen molar-refractivity contribution in [3.8, 4) is 0 Å². The minimum absolute atomic E-state index is 0.163. The molecule has 0 saturated heterocycles. The van der Waals surface area contributed by atoms with E-state index in [1.165, 1.54) is 83.5 Å². The van der Waals surface area contributed by atoms with Gasteiger partial charge in [-0.25, -0.2) is 0 Å². The lowest BCUT2D eigenvalue weighted by atomic mass is 9.94. The van der Waals surface area contributed by atoms with Crippen LogP contribution < -0.4 is 0 Å². The van der Waals surface area contributed by atoms with Gasteiger partial charge in [-0.3, -0.25) is 9.59 Å². The van der Waals surface area contributed by atoms with E-state index >= 15 is 0 Å². The quantitative estimate of drug-likeness (QED) is 0.0574. The third kappa shape index (κ3) is 13.0. The van der Waals surface area contributed by atoms with E-state index in [4.69, 9.17) is 4.74 Å². The van der Waals surface area contributed by atoms with E-state index in [-0.39, 0.29) is 18.2 Å². The summed E-state index contributed by atoms with van der Waals surface area (Å²) >= 11 is 0. The van der Waals surface area contributed by atoms with Crippen molar-refractivity contribution in [2.45, 2.75) is 143 Å². The molecule has 1 heterocycles. The predicted octanol–water partition coefficient (Wildman–Crippen LogP) is 11.0. The monoisotopic (exact) mass is 613 g/mol. The number of rotatable bonds is 24. The zero-order valence-electron chi connectivity index (χ0n) is 28.6. The minimum atomic E-state index is -0.250. The second-order valence-electron chi connectivity index (χ2n) is 12.7. The van der Waals surface area contributed by atoms with Gasteiger partial charge in [0, 0.05) is 29.9 Å². The number of unbranched alkanes of at least 4 members (excludes halogenated alkanes) is 14. The van der Waals surface area contributed by atoms with Gasteiger partial charge in [0.15, 0.2) is 5.78 Å². The average Bonchev–Trinajstić information content (AvgIpc) is 3.29. The van der Waals surface area contributed by atoms with E-state index < -0.39 is 0 Å². The van der Waals surface area contributed by atoms with Crippen LogP contribution in [0.4, 0.5) is 0 Å². The van der Waals surface area contributed by atoms with Crippen LogP contribution in [0.1, 0.15) is 155 Å². The molecule has 0 bridgehead atoms. The van der Waals surface area contributed by atoms with Crippen molar-refractivity contribution in [1.29, 1.82) is 0 Å². The van der Waals surface area contributed by atoms with Gasteiger partial charge >= 0.3 is 5.97 Å². The Bertz CT molecular complexity index is 1240. The van der Waals surface area contributed by atoms with E-state index in [0.717, 1.165) is 46.5 Å². The summed E-state index contributed by atoms with van der Waals surface area (Å²) in [5.41, 5.74) is 5.93. The van der Waals surface area contributed by atoms with Crippen LogP contribution in [-0.4, -0.2) is 22.9 Å². The number of Topliss-reactive ketones (excluding diaryl/α,β-unsaturated/α-hetero) is 1. The van der Waals surface area contributed by atoms with Crippen LogP contribution in [0.2, 0.25) is 0 Å². The summed E-state index contributed by atoms with van der Waals surface area (Å²) in [5.74, 6) is -0.0509. The molecule has 3 aromatic rings. The highest BCUT2D eigenvalue weighted by molar-refractivity contribution is 5.99. The second kappa shape index (κ2) is 21.6. The molecular weight excluding hydrogens is 554 g/mol. The zero-order valence-corrected chi connectivity index (χ0v) is 28.6. The standard InChI is InChI=1S/C41H59NO3/c1-4-6-7-8-9-10-11-12-13-14-15-16-17-18-25-30-39(43)41-34(3)42(33-36-28-23-20-24-29-36)38(32-40(44)45-5-2)37(41)31-35-26-21-19-22-27-35/h19-24,26-29H,4-18,25,30-33H2,1-3H3. The highest BCUT2D eigenvalue weighted by atomic mass is 16.5. The summed E-state index contributed by atoms with van der Waals surface area (Å²) in [6, 6.07) is 20.6. The van der Waals surface area contributed by atoms with Crippen molar-refractivity contribution in [1.82, 2.24) is 4.57 Å². The Morgan fingerprint density at radius 3 is 1.64 bits per heavy atom. The molecule has 0 atom stereocenters. The number of benzene rings is 2. The molecule has 0 saturated carbocycles. The van der Waals surface area contributed by atoms with Crippen molar-refractivity contribution >= 4 is 11.8 Å². The lowest BCUT2D eigenvalue weighted by Crippen LogP contribution is -2.15. The SMILES string of the molecule is CCCCCCCCCCCCCCCCCC(=O)c1c(Cc2ccccc2)c(CC(=O)OCC)n(Cc2ccccc2)c1C. The molecule has 2 aromatic carbocycles. The summed E-state index contributed by atoms with van der Waals surface area (Å²) in [5, 5.41) is 0. The van der Waals surface area contributed by atoms with Gasteiger partial charge in [-0.1, -0.05) is 157 Å². The predicted molar refractivity (Wildman–Crippen MR) is 188 cm³/mol. The number of nitrogens with zero attached hydrogens (tertiary/aromatic N) is 1. The molecule has 0 N–H and O–H groups in total. The van der Waals surface area contributed by atoms with Crippen molar-refractivity contribution in [2.24, 2.45) is 0 Å². The third-order valence-corrected chi connectivity index (χ3v) is 9.05. The van der Waals surface area contributed by atoms with Crippen LogP contribution >= 0.6 is 0 Å². The summed E-state index contributed by atoms with van der Waals surface area (Å²) < 4.78 is 7.57. The fourth-order valence-electron chi connectivity index (χ4n) is 6.54. The van der Waals surface area contributed by atoms with Crippen LogP contribution in [0, 0.1) is 6.92 Å². The molecule has 0 spiro atoms. The molecule has 4 nitrogen and oxygen atoms in total. The third-order valence-electron chi connectivity index (χ3n) is 9.05. The topological polar surface area (TPSA) is 48.3 Å². The number of ether oxygens (including phenoxy) is 1. The molecule has 4 heteroatoms. The number of ketones is 1. The molecule has 0 fully saturated rings. The summed E-state index contributed by atoms with van der Waals surface area (Å²) in [6.07, 6.45) is 21.0. The molecule has 246 valence electrons. The van der Waals surface area contributed by atoms with Crippen LogP contribution in [-0.2, 0) is 28.9 Å². The maximum Gasteiger partial charge on any atom is 0.311 e. The Labute approximate surface area is 274 Å². The molecule has 0 unspecified atom stereocenters. The van der Waals surface area contributed by atoms with Crippen molar-refractivity contribution in [2.75, 3.05) is 6.61 Å². The Kier molecular flexibility index (Phi) is 17.4. The van der Waals surface area contributed by atoms with Crippen LogP contribution in [0.15, 0.2) is 60.7 Å². The molecular formula is C41H59NO3. The van der Waals surface area contributed by atoms with E-state index in [1.807, 2.05) is 50.2 Å². The fraction of sp³-hybridized carbons (Fsp3) is 0.561. The Balaban J connectivity index is 1.59. The van der Waals surface area contributed by atoms with E-state index in [0.29, 0.717) is 26.0 Å². The maximum atomic E-state index is 13.9. The van der Waals surface area contributed by atoms with E-state index in [9.17, 15) is 9.59 Å². The van der Waals surface area contributed by atoms with Crippen LogP contribution in [0.25, 0.3) is 0 Å². The Morgan fingerprint density at radius 1 is 0.644 bits per heavy atom. The molecule has 0 aliphatic heterocycles. The zero-order chi connectivity index (χ0) is 32.1. The highest BCUT2D eigenvalue weighted by Gasteiger charge is 2.26. The molecule has 3 rings (SSSR count). The molecule has 0 amide bonds. The number of esters is 1. The lowest BCUT2D eigenvalue weighted by molar-refractivity contribution is -0.142. The van der Waals surface area contributed by atoms with Crippen LogP contribution in [0.5, 0.6) is 0 Å². The van der Waals surface area contributed by atoms with Gasteiger partial charge in [0.05, 0.1) is 13.0 Å². The summed E-state index contributed by atoms with van der Waals surface area (Å²) in [4.78, 5) is 26.7. The highest BCUT2D eigenvalue weighted by Crippen LogP contribution is 2.30. The summed E-state index contributed by atoms with van der Waals surface area (Å²) in [6.45, 7) is 7.13. The van der Waals surface area contributed by atoms with Gasteiger partial charge in [0.25, 0.3) is 0 Å². The van der Waals surface area contributed by atoms with Crippen molar-refractivity contribution in [3.05, 3.63) is 94.3 Å². The average molecular weight is 614 g/mol. The Hall–Kier alpha value is -3.14. The Morgan fingerprint density at radius 2 is 1.13 bits per heavy atom. The van der Waals surface area contributed by atoms with Gasteiger partial charge < -0.3 is 9.30 Å². The molecule has 45 heavy (non-hydrogen) atoms. The fourth-order valence-corrected chi connectivity index (χ4v) is 6.54. The van der Waals surface area contributed by atoms with Gasteiger partial charge in [0.1, 0.15) is 0 Å². The number of aromatic nitrogens is 1. The smallest absolute Gasteiger partial charge is 0.311 e. The van der Waals surface area contributed by atoms with E-state index in [2.05, 4.69) is 35.8 Å². The first-order chi connectivity index (χ1) is 22.0.